The van der Waals surface area contributed by atoms with Crippen LogP contribution in [-0.4, -0.2) is 52.5 Å². The van der Waals surface area contributed by atoms with Gasteiger partial charge in [-0.3, -0.25) is 4.79 Å². The van der Waals surface area contributed by atoms with Crippen LogP contribution in [0.4, 0.5) is 5.82 Å². The zero-order valence-electron chi connectivity index (χ0n) is 21.4. The number of nitriles is 1. The first-order valence-electron chi connectivity index (χ1n) is 13.6. The van der Waals surface area contributed by atoms with Crippen LogP contribution in [0, 0.1) is 22.7 Å². The van der Waals surface area contributed by atoms with E-state index in [1.54, 1.807) is 0 Å². The molecular weight excluding hydrogens is 448 g/mol. The molecule has 1 aromatic heterocycles. The summed E-state index contributed by atoms with van der Waals surface area (Å²) in [7, 11) is 0. The number of nitrogens with one attached hydrogen (secondary N) is 2. The number of benzene rings is 1. The van der Waals surface area contributed by atoms with Gasteiger partial charge >= 0.3 is 0 Å². The van der Waals surface area contributed by atoms with Crippen LogP contribution in [-0.2, 0) is 6.42 Å². The number of carbonyl (C=O) groups excluding carboxylic acids is 1. The SMILES string of the molecule is C[C@@](Cc1ccccc1)(CN1CCCC1)NC(=O)c1cnc(C#N)nc1NCC1CCC2(CC1)CC2. The number of aromatic nitrogens is 2. The van der Waals surface area contributed by atoms with Crippen molar-refractivity contribution in [3.8, 4) is 6.07 Å². The Morgan fingerprint density at radius 2 is 1.89 bits per heavy atom. The van der Waals surface area contributed by atoms with Crippen LogP contribution in [0.5, 0.6) is 0 Å². The van der Waals surface area contributed by atoms with Gasteiger partial charge in [0.25, 0.3) is 5.91 Å². The number of nitrogens with zero attached hydrogens (tertiary/aromatic N) is 4. The third-order valence-electron chi connectivity index (χ3n) is 8.44. The minimum Gasteiger partial charge on any atom is -0.369 e. The first-order valence-corrected chi connectivity index (χ1v) is 13.6. The molecule has 1 saturated heterocycles. The zero-order chi connectivity index (χ0) is 25.0. The predicted octanol–water partition coefficient (Wildman–Crippen LogP) is 4.56. The van der Waals surface area contributed by atoms with E-state index in [0.717, 1.165) is 32.6 Å². The zero-order valence-corrected chi connectivity index (χ0v) is 21.4. The highest BCUT2D eigenvalue weighted by molar-refractivity contribution is 5.99. The molecule has 36 heavy (non-hydrogen) atoms. The van der Waals surface area contributed by atoms with Crippen molar-refractivity contribution in [2.75, 3.05) is 31.5 Å². The Kier molecular flexibility index (Phi) is 7.25. The second-order valence-electron chi connectivity index (χ2n) is 11.6. The molecule has 5 rings (SSSR count). The lowest BCUT2D eigenvalue weighted by Gasteiger charge is -2.35. The van der Waals surface area contributed by atoms with Crippen LogP contribution in [0.2, 0.25) is 0 Å². The molecule has 0 unspecified atom stereocenters. The van der Waals surface area contributed by atoms with Crippen LogP contribution in [0.1, 0.15) is 80.0 Å². The van der Waals surface area contributed by atoms with Crippen LogP contribution in [0.3, 0.4) is 0 Å². The smallest absolute Gasteiger partial charge is 0.257 e. The summed E-state index contributed by atoms with van der Waals surface area (Å²) in [6.45, 7) is 5.82. The number of hydrogen-bond donors (Lipinski definition) is 2. The third-order valence-corrected chi connectivity index (χ3v) is 8.44. The molecule has 7 heteroatoms. The van der Waals surface area contributed by atoms with Gasteiger partial charge in [0.2, 0.25) is 5.82 Å². The van der Waals surface area contributed by atoms with E-state index in [-0.39, 0.29) is 11.7 Å². The van der Waals surface area contributed by atoms with E-state index in [2.05, 4.69) is 44.6 Å². The molecule has 190 valence electrons. The summed E-state index contributed by atoms with van der Waals surface area (Å²) in [5.74, 6) is 0.930. The maximum Gasteiger partial charge on any atom is 0.257 e. The van der Waals surface area contributed by atoms with Gasteiger partial charge in [0.05, 0.1) is 5.54 Å². The number of anilines is 1. The van der Waals surface area contributed by atoms with Crippen molar-refractivity contribution in [1.29, 1.82) is 5.26 Å². The van der Waals surface area contributed by atoms with Crippen molar-refractivity contribution < 1.29 is 4.79 Å². The van der Waals surface area contributed by atoms with Crippen LogP contribution >= 0.6 is 0 Å². The molecule has 1 amide bonds. The van der Waals surface area contributed by atoms with E-state index < -0.39 is 5.54 Å². The molecule has 1 aromatic carbocycles. The molecule has 0 radical (unpaired) electrons. The third kappa shape index (κ3) is 6.04. The Morgan fingerprint density at radius 1 is 1.17 bits per heavy atom. The van der Waals surface area contributed by atoms with Crippen molar-refractivity contribution in [2.45, 2.75) is 70.3 Å². The van der Waals surface area contributed by atoms with Gasteiger partial charge in [0.15, 0.2) is 0 Å². The van der Waals surface area contributed by atoms with E-state index in [1.807, 2.05) is 24.3 Å². The summed E-state index contributed by atoms with van der Waals surface area (Å²) < 4.78 is 0. The molecule has 3 aliphatic rings. The lowest BCUT2D eigenvalue weighted by molar-refractivity contribution is 0.0882. The van der Waals surface area contributed by atoms with Gasteiger partial charge < -0.3 is 15.5 Å². The average molecular weight is 487 g/mol. The molecule has 7 nitrogen and oxygen atoms in total. The quantitative estimate of drug-likeness (QED) is 0.540. The summed E-state index contributed by atoms with van der Waals surface area (Å²) in [6.07, 6.45) is 12.5. The molecule has 2 aliphatic carbocycles. The summed E-state index contributed by atoms with van der Waals surface area (Å²) >= 11 is 0. The minimum absolute atomic E-state index is 0.0822. The molecule has 3 fully saturated rings. The normalized spacial score (nSPS) is 21.0. The lowest BCUT2D eigenvalue weighted by atomic mass is 9.80. The highest BCUT2D eigenvalue weighted by Crippen LogP contribution is 2.57. The van der Waals surface area contributed by atoms with Gasteiger partial charge in [-0.1, -0.05) is 30.3 Å². The Morgan fingerprint density at radius 3 is 2.56 bits per heavy atom. The number of likely N-dealkylation sites (tertiary alicyclic amines) is 1. The van der Waals surface area contributed by atoms with Crippen LogP contribution in [0.25, 0.3) is 0 Å². The second-order valence-corrected chi connectivity index (χ2v) is 11.6. The van der Waals surface area contributed by atoms with Crippen molar-refractivity contribution >= 4 is 11.7 Å². The maximum atomic E-state index is 13.7. The molecule has 1 aliphatic heterocycles. The average Bonchev–Trinajstić information content (AvgIpc) is 3.44. The summed E-state index contributed by atoms with van der Waals surface area (Å²) in [5, 5.41) is 16.1. The van der Waals surface area contributed by atoms with Gasteiger partial charge in [0.1, 0.15) is 17.5 Å². The Balaban J connectivity index is 1.31. The van der Waals surface area contributed by atoms with E-state index in [4.69, 9.17) is 0 Å². The first kappa shape index (κ1) is 24.7. The van der Waals surface area contributed by atoms with Crippen molar-refractivity contribution in [3.05, 3.63) is 53.5 Å². The highest BCUT2D eigenvalue weighted by Gasteiger charge is 2.44. The fraction of sp³-hybridized carbons (Fsp3) is 0.586. The molecule has 1 atom stereocenters. The van der Waals surface area contributed by atoms with Gasteiger partial charge in [0, 0.05) is 19.3 Å². The molecular formula is C29H38N6O. The van der Waals surface area contributed by atoms with Gasteiger partial charge in [-0.2, -0.15) is 5.26 Å². The summed E-state index contributed by atoms with van der Waals surface area (Å²) in [4.78, 5) is 24.6. The minimum atomic E-state index is -0.449. The van der Waals surface area contributed by atoms with Crippen molar-refractivity contribution in [1.82, 2.24) is 20.2 Å². The number of hydrogen-bond acceptors (Lipinski definition) is 6. The standard InChI is InChI=1S/C29H38N6O/c1-28(21-35-15-5-6-16-35,17-22-7-3-2-4-8-22)34-27(36)24-20-31-25(18-30)33-26(24)32-19-23-9-11-29(12-10-23)13-14-29/h2-4,7-8,20,23H,5-6,9-17,19,21H2,1H3,(H,34,36)(H,31,32,33)/t28-/m1/s1. The molecule has 2 aromatic rings. The van der Waals surface area contributed by atoms with E-state index in [1.165, 1.54) is 63.1 Å². The molecule has 2 heterocycles. The predicted molar refractivity (Wildman–Crippen MR) is 141 cm³/mol. The molecule has 0 bridgehead atoms. The molecule has 2 N–H and O–H groups in total. The van der Waals surface area contributed by atoms with Crippen molar-refractivity contribution in [3.63, 3.8) is 0 Å². The van der Waals surface area contributed by atoms with Crippen LogP contribution < -0.4 is 10.6 Å². The Bertz CT molecular complexity index is 1090. The van der Waals surface area contributed by atoms with Gasteiger partial charge in [-0.25, -0.2) is 9.97 Å². The lowest BCUT2D eigenvalue weighted by Crippen LogP contribution is -2.54. The maximum absolute atomic E-state index is 13.7. The second kappa shape index (κ2) is 10.6. The topological polar surface area (TPSA) is 93.9 Å². The first-order chi connectivity index (χ1) is 17.5. The number of amides is 1. The molecule has 1 spiro atoms. The van der Waals surface area contributed by atoms with E-state index >= 15 is 0 Å². The Hall–Kier alpha value is -2.98. The fourth-order valence-electron chi connectivity index (χ4n) is 6.11. The largest absolute Gasteiger partial charge is 0.369 e. The number of carbonyl (C=O) groups is 1. The summed E-state index contributed by atoms with van der Waals surface area (Å²) in [5.41, 5.74) is 1.81. The van der Waals surface area contributed by atoms with Crippen LogP contribution in [0.15, 0.2) is 36.5 Å². The monoisotopic (exact) mass is 486 g/mol. The molecule has 2 saturated carbocycles. The van der Waals surface area contributed by atoms with Gasteiger partial charge in [-0.05, 0) is 94.7 Å². The number of rotatable bonds is 9. The highest BCUT2D eigenvalue weighted by atomic mass is 16.1. The Labute approximate surface area is 214 Å². The van der Waals surface area contributed by atoms with E-state index in [9.17, 15) is 10.1 Å². The summed E-state index contributed by atoms with van der Waals surface area (Å²) in [6, 6.07) is 12.3. The van der Waals surface area contributed by atoms with Gasteiger partial charge in [-0.15, -0.1) is 0 Å². The van der Waals surface area contributed by atoms with Crippen molar-refractivity contribution in [2.24, 2.45) is 11.3 Å². The fourth-order valence-corrected chi connectivity index (χ4v) is 6.11. The van der Waals surface area contributed by atoms with E-state index in [0.29, 0.717) is 22.7 Å².